The third-order valence-electron chi connectivity index (χ3n) is 5.37. The summed E-state index contributed by atoms with van der Waals surface area (Å²) in [6.45, 7) is 5.10. The van der Waals surface area contributed by atoms with Crippen LogP contribution < -0.4 is 10.1 Å². The van der Waals surface area contributed by atoms with E-state index in [0.29, 0.717) is 43.3 Å². The van der Waals surface area contributed by atoms with Crippen molar-refractivity contribution in [1.29, 1.82) is 0 Å². The first kappa shape index (κ1) is 24.1. The normalized spacial score (nSPS) is 15.7. The molecule has 0 radical (unpaired) electrons. The standard InChI is InChI=1S/C22H25FN8O4/c1-13-25-18(21-27-29-31(28-21)12-16-11-30(14(2)32)6-7-35-16)9-19(26-13)22(33)24-10-15-4-5-17(23)20(8-15)34-3/h4-5,8-9,16H,6-7,10-12H2,1-3H3,(H,24,33)/t16-/m0/s1. The number of carbonyl (C=O) groups excluding carboxylic acids is 2. The second-order valence-electron chi connectivity index (χ2n) is 7.96. The summed E-state index contributed by atoms with van der Waals surface area (Å²) in [6.07, 6.45) is -0.256. The molecule has 35 heavy (non-hydrogen) atoms. The van der Waals surface area contributed by atoms with Crippen molar-refractivity contribution in [2.75, 3.05) is 26.8 Å². The second kappa shape index (κ2) is 10.5. The number of nitrogens with zero attached hydrogens (tertiary/aromatic N) is 7. The zero-order valence-corrected chi connectivity index (χ0v) is 19.6. The number of halogens is 1. The maximum absolute atomic E-state index is 13.6. The average molecular weight is 484 g/mol. The van der Waals surface area contributed by atoms with Gasteiger partial charge in [-0.05, 0) is 35.9 Å². The first-order valence-electron chi connectivity index (χ1n) is 10.9. The molecule has 3 heterocycles. The Labute approximate surface area is 200 Å². The molecule has 184 valence electrons. The van der Waals surface area contributed by atoms with E-state index in [0.717, 1.165) is 0 Å². The van der Waals surface area contributed by atoms with Gasteiger partial charge >= 0.3 is 0 Å². The number of carbonyl (C=O) groups is 2. The Hall–Kier alpha value is -4.00. The van der Waals surface area contributed by atoms with E-state index in [2.05, 4.69) is 30.7 Å². The van der Waals surface area contributed by atoms with E-state index >= 15 is 0 Å². The minimum atomic E-state index is -0.481. The molecule has 2 aromatic heterocycles. The third-order valence-corrected chi connectivity index (χ3v) is 5.37. The summed E-state index contributed by atoms with van der Waals surface area (Å²) in [4.78, 5) is 35.9. The topological polar surface area (TPSA) is 137 Å². The number of nitrogens with one attached hydrogen (secondary N) is 1. The summed E-state index contributed by atoms with van der Waals surface area (Å²) in [5, 5.41) is 15.2. The van der Waals surface area contributed by atoms with Crippen LogP contribution in [0.4, 0.5) is 4.39 Å². The predicted molar refractivity (Wildman–Crippen MR) is 120 cm³/mol. The van der Waals surface area contributed by atoms with Crippen molar-refractivity contribution >= 4 is 11.8 Å². The van der Waals surface area contributed by atoms with Crippen molar-refractivity contribution in [3.8, 4) is 17.3 Å². The molecular weight excluding hydrogens is 459 g/mol. The fourth-order valence-corrected chi connectivity index (χ4v) is 3.61. The third kappa shape index (κ3) is 5.93. The molecule has 1 saturated heterocycles. The van der Waals surface area contributed by atoms with Gasteiger partial charge in [0.15, 0.2) is 11.6 Å². The Morgan fingerprint density at radius 1 is 1.29 bits per heavy atom. The first-order valence-corrected chi connectivity index (χ1v) is 10.9. The maximum Gasteiger partial charge on any atom is 0.270 e. The van der Waals surface area contributed by atoms with E-state index in [4.69, 9.17) is 9.47 Å². The summed E-state index contributed by atoms with van der Waals surface area (Å²) in [6, 6.07) is 5.82. The molecule has 0 saturated carbocycles. The second-order valence-corrected chi connectivity index (χ2v) is 7.96. The number of aromatic nitrogens is 6. The zero-order valence-electron chi connectivity index (χ0n) is 19.6. The molecule has 0 spiro atoms. The van der Waals surface area contributed by atoms with Gasteiger partial charge in [0, 0.05) is 26.6 Å². The van der Waals surface area contributed by atoms with Crippen LogP contribution in [0, 0.1) is 12.7 Å². The monoisotopic (exact) mass is 484 g/mol. The van der Waals surface area contributed by atoms with Gasteiger partial charge in [-0.2, -0.15) is 4.80 Å². The minimum absolute atomic E-state index is 0.00799. The largest absolute Gasteiger partial charge is 0.494 e. The van der Waals surface area contributed by atoms with E-state index in [1.807, 2.05) is 0 Å². The van der Waals surface area contributed by atoms with Gasteiger partial charge in [0.25, 0.3) is 5.91 Å². The van der Waals surface area contributed by atoms with Crippen molar-refractivity contribution in [1.82, 2.24) is 40.4 Å². The number of ether oxygens (including phenoxy) is 2. The highest BCUT2D eigenvalue weighted by molar-refractivity contribution is 5.93. The fourth-order valence-electron chi connectivity index (χ4n) is 3.61. The number of tetrazole rings is 1. The van der Waals surface area contributed by atoms with Crippen LogP contribution in [0.5, 0.6) is 5.75 Å². The Kier molecular flexibility index (Phi) is 7.25. The Morgan fingerprint density at radius 3 is 2.89 bits per heavy atom. The van der Waals surface area contributed by atoms with Crippen molar-refractivity contribution in [3.05, 3.63) is 47.2 Å². The van der Waals surface area contributed by atoms with Crippen molar-refractivity contribution in [3.63, 3.8) is 0 Å². The molecule has 0 aliphatic carbocycles. The number of hydrogen-bond donors (Lipinski definition) is 1. The molecular formula is C22H25FN8O4. The molecule has 13 heteroatoms. The van der Waals surface area contributed by atoms with Gasteiger partial charge in [-0.25, -0.2) is 14.4 Å². The molecule has 1 aromatic carbocycles. The Bertz CT molecular complexity index is 1230. The predicted octanol–water partition coefficient (Wildman–Crippen LogP) is 0.764. The first-order chi connectivity index (χ1) is 16.8. The van der Waals surface area contributed by atoms with Crippen LogP contribution in [0.1, 0.15) is 28.8 Å². The molecule has 1 atom stereocenters. The van der Waals surface area contributed by atoms with Gasteiger partial charge in [-0.15, -0.1) is 10.2 Å². The van der Waals surface area contributed by atoms with Gasteiger partial charge in [-0.1, -0.05) is 6.07 Å². The summed E-state index contributed by atoms with van der Waals surface area (Å²) in [5.41, 5.74) is 1.14. The maximum atomic E-state index is 13.6. The van der Waals surface area contributed by atoms with Gasteiger partial charge in [0.2, 0.25) is 11.7 Å². The number of hydrogen-bond acceptors (Lipinski definition) is 9. The lowest BCUT2D eigenvalue weighted by Gasteiger charge is -2.31. The zero-order chi connectivity index (χ0) is 24.9. The molecule has 0 unspecified atom stereocenters. The minimum Gasteiger partial charge on any atom is -0.494 e. The molecule has 1 N–H and O–H groups in total. The van der Waals surface area contributed by atoms with Crippen molar-refractivity contribution in [2.45, 2.75) is 33.0 Å². The van der Waals surface area contributed by atoms with Crippen LogP contribution in [-0.2, 0) is 22.6 Å². The number of methoxy groups -OCH3 is 1. The number of morpholine rings is 1. The highest BCUT2D eigenvalue weighted by Crippen LogP contribution is 2.18. The van der Waals surface area contributed by atoms with E-state index in [9.17, 15) is 14.0 Å². The lowest BCUT2D eigenvalue weighted by atomic mass is 10.2. The van der Waals surface area contributed by atoms with E-state index in [1.54, 1.807) is 17.9 Å². The molecule has 1 aliphatic heterocycles. The highest BCUT2D eigenvalue weighted by Gasteiger charge is 2.24. The van der Waals surface area contributed by atoms with Gasteiger partial charge in [0.1, 0.15) is 17.2 Å². The number of aryl methyl sites for hydroxylation is 1. The lowest BCUT2D eigenvalue weighted by Crippen LogP contribution is -2.46. The Morgan fingerprint density at radius 2 is 2.11 bits per heavy atom. The van der Waals surface area contributed by atoms with Crippen LogP contribution in [0.2, 0.25) is 0 Å². The molecule has 2 amide bonds. The molecule has 0 bridgehead atoms. The van der Waals surface area contributed by atoms with Crippen LogP contribution in [0.25, 0.3) is 11.5 Å². The van der Waals surface area contributed by atoms with Crippen LogP contribution in [0.15, 0.2) is 24.3 Å². The fraction of sp³-hybridized carbons (Fsp3) is 0.409. The summed E-state index contributed by atoms with van der Waals surface area (Å²) in [7, 11) is 1.37. The highest BCUT2D eigenvalue weighted by atomic mass is 19.1. The van der Waals surface area contributed by atoms with E-state index in [-0.39, 0.29) is 35.8 Å². The number of benzene rings is 1. The van der Waals surface area contributed by atoms with E-state index < -0.39 is 11.7 Å². The van der Waals surface area contributed by atoms with Gasteiger partial charge < -0.3 is 19.7 Å². The van der Waals surface area contributed by atoms with Crippen LogP contribution in [-0.4, -0.2) is 79.8 Å². The Balaban J connectivity index is 1.43. The molecule has 12 nitrogen and oxygen atoms in total. The molecule has 4 rings (SSSR count). The van der Waals surface area contributed by atoms with E-state index in [1.165, 1.54) is 37.0 Å². The van der Waals surface area contributed by atoms with Gasteiger partial charge in [-0.3, -0.25) is 9.59 Å². The summed E-state index contributed by atoms with van der Waals surface area (Å²) >= 11 is 0. The molecule has 3 aromatic rings. The quantitative estimate of drug-likeness (QED) is 0.515. The smallest absolute Gasteiger partial charge is 0.270 e. The molecule has 1 fully saturated rings. The van der Waals surface area contributed by atoms with Crippen molar-refractivity contribution < 1.29 is 23.5 Å². The lowest BCUT2D eigenvalue weighted by molar-refractivity contribution is -0.137. The summed E-state index contributed by atoms with van der Waals surface area (Å²) in [5.74, 6) is -0.241. The SMILES string of the molecule is COc1cc(CNC(=O)c2cc(-c3nnn(C[C@@H]4CN(C(C)=O)CCO4)n3)nc(C)n2)ccc1F. The van der Waals surface area contributed by atoms with Crippen molar-refractivity contribution in [2.24, 2.45) is 0 Å². The van der Waals surface area contributed by atoms with Crippen LogP contribution >= 0.6 is 0 Å². The average Bonchev–Trinajstić information content (AvgIpc) is 3.31. The van der Waals surface area contributed by atoms with Gasteiger partial charge in [0.05, 0.1) is 26.4 Å². The molecule has 1 aliphatic rings. The summed E-state index contributed by atoms with van der Waals surface area (Å²) < 4.78 is 24.3. The number of rotatable bonds is 7. The van der Waals surface area contributed by atoms with Crippen LogP contribution in [0.3, 0.4) is 0 Å². The number of amides is 2.